The van der Waals surface area contributed by atoms with E-state index >= 15 is 0 Å². The van der Waals surface area contributed by atoms with Crippen LogP contribution >= 0.6 is 23.2 Å². The van der Waals surface area contributed by atoms with E-state index in [0.717, 1.165) is 122 Å². The van der Waals surface area contributed by atoms with Gasteiger partial charge in [0.2, 0.25) is 20.0 Å². The number of carbonyl (C=O) groups excluding carboxylic acids is 5. The van der Waals surface area contributed by atoms with Gasteiger partial charge in [-0.2, -0.15) is 0 Å². The van der Waals surface area contributed by atoms with Gasteiger partial charge in [-0.15, -0.1) is 23.2 Å². The Morgan fingerprint density at radius 3 is 1.13 bits per heavy atom. The van der Waals surface area contributed by atoms with E-state index in [1.807, 2.05) is 72.7 Å². The average Bonchev–Trinajstić information content (AvgIpc) is 1.57. The van der Waals surface area contributed by atoms with Gasteiger partial charge in [-0.05, 0) is 177 Å². The summed E-state index contributed by atoms with van der Waals surface area (Å²) >= 11 is 9.53. The number of urea groups is 2. The molecule has 0 saturated carbocycles. The van der Waals surface area contributed by atoms with Crippen LogP contribution in [0.15, 0.2) is 34.3 Å². The first kappa shape index (κ1) is 79.5. The Labute approximate surface area is 561 Å². The molecule has 4 heterocycles. The number of nitrogens with zero attached hydrogens (tertiary/aromatic N) is 6. The summed E-state index contributed by atoms with van der Waals surface area (Å²) in [6, 6.07) is 6.29. The number of amidine groups is 2. The summed E-state index contributed by atoms with van der Waals surface area (Å²) in [5.74, 6) is 1.15. The molecule has 2 saturated heterocycles. The average molecular weight is 1370 g/mol. The zero-order valence-corrected chi connectivity index (χ0v) is 60.0. The van der Waals surface area contributed by atoms with Crippen LogP contribution in [-0.4, -0.2) is 147 Å². The number of hydrogen-bond donors (Lipinski definition) is 5. The Kier molecular flexibility index (Phi) is 33.4. The topological polar surface area (TPSA) is 303 Å². The zero-order chi connectivity index (χ0) is 68.3. The lowest BCUT2D eigenvalue weighted by Gasteiger charge is -2.34. The van der Waals surface area contributed by atoms with Gasteiger partial charge in [0.25, 0.3) is 11.8 Å². The van der Waals surface area contributed by atoms with E-state index in [0.29, 0.717) is 56.3 Å². The van der Waals surface area contributed by atoms with Crippen molar-refractivity contribution < 1.29 is 45.5 Å². The fourth-order valence-corrected chi connectivity index (χ4v) is 15.4. The number of aryl methyl sites for hydroxylation is 4. The summed E-state index contributed by atoms with van der Waals surface area (Å²) in [5.41, 5.74) is 21.1. The summed E-state index contributed by atoms with van der Waals surface area (Å²) in [4.78, 5) is 73.0. The molecule has 25 heteroatoms. The van der Waals surface area contributed by atoms with Crippen molar-refractivity contribution in [3.8, 4) is 0 Å². The van der Waals surface area contributed by atoms with Crippen molar-refractivity contribution >= 4 is 96.1 Å². The first-order chi connectivity index (χ1) is 43.4. The van der Waals surface area contributed by atoms with Crippen molar-refractivity contribution in [2.24, 2.45) is 27.2 Å². The van der Waals surface area contributed by atoms with Crippen molar-refractivity contribution in [3.05, 3.63) is 57.6 Å². The molecule has 0 atom stereocenters. The van der Waals surface area contributed by atoms with Crippen LogP contribution in [-0.2, 0) is 52.0 Å². The summed E-state index contributed by atoms with van der Waals surface area (Å²) < 4.78 is 61.4. The van der Waals surface area contributed by atoms with Gasteiger partial charge in [0.05, 0.1) is 16.8 Å². The first-order valence-corrected chi connectivity index (χ1v) is 37.8. The monoisotopic (exact) mass is 1360 g/mol. The molecule has 8 N–H and O–H groups in total. The van der Waals surface area contributed by atoms with E-state index in [-0.39, 0.29) is 60.8 Å². The van der Waals surface area contributed by atoms with E-state index in [4.69, 9.17) is 55.1 Å². The molecule has 2 aromatic rings. The maximum absolute atomic E-state index is 13.3. The number of halogens is 2. The van der Waals surface area contributed by atoms with Gasteiger partial charge < -0.3 is 32.6 Å². The highest BCUT2D eigenvalue weighted by Gasteiger charge is 2.48. The zero-order valence-electron chi connectivity index (χ0n) is 56.8. The molecule has 4 aliphatic rings. The molecule has 2 spiro atoms. The SMILES string of the molecule is Cc1cc(N(C)C(N)=O)cc(C)c1CCS(=O)(=O)N1CCC2(CC1)N=C(CCCCCCCCCCCCC(=O)OC(C)(C)C)NC2=O.Cc1cc(N(C)C(N)=O)cc(C)c1CCS(=O)(=O)N1CCC2(CC1)N=C(CCCCCCCCCCCN)NC2=O.ClCCl. The van der Waals surface area contributed by atoms with Crippen LogP contribution in [0.1, 0.15) is 221 Å². The van der Waals surface area contributed by atoms with Gasteiger partial charge in [-0.1, -0.05) is 96.3 Å². The number of benzene rings is 2. The van der Waals surface area contributed by atoms with Gasteiger partial charge in [0.1, 0.15) is 28.4 Å². The number of piperidine rings is 2. The highest BCUT2D eigenvalue weighted by molar-refractivity contribution is 7.89. The number of alkyl halides is 2. The smallest absolute Gasteiger partial charge is 0.318 e. The molecular formula is C67H111Cl2N11O10S2. The Morgan fingerprint density at radius 2 is 0.837 bits per heavy atom. The second-order valence-electron chi connectivity index (χ2n) is 26.4. The van der Waals surface area contributed by atoms with Gasteiger partial charge in [0, 0.05) is 70.9 Å². The predicted octanol–water partition coefficient (Wildman–Crippen LogP) is 11.4. The molecule has 0 bridgehead atoms. The van der Waals surface area contributed by atoms with E-state index in [2.05, 4.69) is 10.6 Å². The standard InChI is InChI=1S/C36H59N5O6S.C30H50N6O4S.CH2Cl2/c1-27-25-29(40(6)34(37)44)26-28(2)30(27)19-24-48(45,46)41-22-20-36(21-23-41)33(43)38-31(39-36)17-15-13-11-9-7-8-10-12-14-16-18-32(42)47-35(3,4)5;1-23-21-25(35(3)29(32)38)22-24(2)26(23)14-20-41(39,40)36-18-15-30(16-19-36)28(37)33-27(34-30)13-11-9-7-5-4-6-8-10-12-17-31;2-1-3/h25-26H,7-24H2,1-6H3,(H2,37,44)(H,38,39,43);21-22H,4-20,31H2,1-3H3,(H2,32,38)(H,33,34,37);1H2. The molecule has 4 aliphatic heterocycles. The molecule has 2 aromatic carbocycles. The summed E-state index contributed by atoms with van der Waals surface area (Å²) in [7, 11) is -3.81. The molecule has 2 fully saturated rings. The van der Waals surface area contributed by atoms with Crippen LogP contribution in [0, 0.1) is 27.7 Å². The number of amides is 6. The molecule has 6 amide bonds. The van der Waals surface area contributed by atoms with E-state index in [9.17, 15) is 40.8 Å². The second kappa shape index (κ2) is 38.6. The van der Waals surface area contributed by atoms with Crippen LogP contribution in [0.5, 0.6) is 0 Å². The highest BCUT2D eigenvalue weighted by atomic mass is 35.5. The normalized spacial score (nSPS) is 16.4. The number of rotatable bonds is 34. The Balaban J connectivity index is 0.000000380. The largest absolute Gasteiger partial charge is 0.460 e. The number of ether oxygens (including phenoxy) is 1. The molecule has 0 unspecified atom stereocenters. The van der Waals surface area contributed by atoms with Crippen molar-refractivity contribution in [1.82, 2.24) is 19.2 Å². The lowest BCUT2D eigenvalue weighted by Crippen LogP contribution is -2.50. The third-order valence-electron chi connectivity index (χ3n) is 18.0. The summed E-state index contributed by atoms with van der Waals surface area (Å²) in [6.07, 6.45) is 26.2. The molecule has 6 rings (SSSR count). The molecule has 0 radical (unpaired) electrons. The highest BCUT2D eigenvalue weighted by Crippen LogP contribution is 2.35. The molecule has 21 nitrogen and oxygen atoms in total. The lowest BCUT2D eigenvalue weighted by atomic mass is 9.89. The second-order valence-corrected chi connectivity index (χ2v) is 31.4. The van der Waals surface area contributed by atoms with E-state index in [1.165, 1.54) is 82.6 Å². The number of unbranched alkanes of at least 4 members (excludes halogenated alkanes) is 17. The Hall–Kier alpha value is -4.91. The minimum Gasteiger partial charge on any atom is -0.460 e. The maximum Gasteiger partial charge on any atom is 0.318 e. The summed E-state index contributed by atoms with van der Waals surface area (Å²) in [5, 5.41) is 6.15. The lowest BCUT2D eigenvalue weighted by molar-refractivity contribution is -0.155. The predicted molar refractivity (Wildman–Crippen MR) is 374 cm³/mol. The number of sulfonamides is 2. The van der Waals surface area contributed by atoms with Gasteiger partial charge in [-0.25, -0.2) is 35.0 Å². The van der Waals surface area contributed by atoms with Crippen LogP contribution in [0.4, 0.5) is 21.0 Å². The number of primary amides is 2. The number of aliphatic imine (C=N–C) groups is 2. The Morgan fingerprint density at radius 1 is 0.543 bits per heavy atom. The van der Waals surface area contributed by atoms with Crippen molar-refractivity contribution in [3.63, 3.8) is 0 Å². The molecule has 0 aromatic heterocycles. The quantitative estimate of drug-likeness (QED) is 0.0249. The number of anilines is 2. The molecule has 520 valence electrons. The molecule has 92 heavy (non-hydrogen) atoms. The van der Waals surface area contributed by atoms with Gasteiger partial charge in [-0.3, -0.25) is 34.2 Å². The van der Waals surface area contributed by atoms with Crippen LogP contribution in [0.3, 0.4) is 0 Å². The number of nitrogens with two attached hydrogens (primary N) is 3. The minimum absolute atomic E-state index is 0.0128. The van der Waals surface area contributed by atoms with Crippen molar-refractivity contribution in [2.45, 2.75) is 245 Å². The van der Waals surface area contributed by atoms with Crippen LogP contribution in [0.2, 0.25) is 0 Å². The first-order valence-electron chi connectivity index (χ1n) is 33.5. The van der Waals surface area contributed by atoms with Crippen molar-refractivity contribution in [1.29, 1.82) is 0 Å². The third kappa shape index (κ3) is 25.7. The molecular weight excluding hydrogens is 1250 g/mol. The molecule has 0 aliphatic carbocycles. The van der Waals surface area contributed by atoms with E-state index in [1.54, 1.807) is 14.1 Å². The van der Waals surface area contributed by atoms with E-state index < -0.39 is 48.8 Å². The third-order valence-corrected chi connectivity index (χ3v) is 21.8. The number of carbonyl (C=O) groups is 5. The Bertz CT molecular complexity index is 2990. The van der Waals surface area contributed by atoms with Crippen LogP contribution in [0.25, 0.3) is 0 Å². The maximum atomic E-state index is 13.3. The number of esters is 1. The number of hydrogen-bond acceptors (Lipinski definition) is 13. The fraction of sp³-hybridized carbons (Fsp3) is 0.716. The van der Waals surface area contributed by atoms with Gasteiger partial charge >= 0.3 is 18.0 Å². The van der Waals surface area contributed by atoms with Crippen molar-refractivity contribution in [2.75, 3.05) is 73.5 Å². The fourth-order valence-electron chi connectivity index (χ4n) is 12.5. The van der Waals surface area contributed by atoms with Crippen LogP contribution < -0.4 is 37.6 Å². The van der Waals surface area contributed by atoms with Gasteiger partial charge in [0.15, 0.2) is 0 Å². The summed E-state index contributed by atoms with van der Waals surface area (Å²) in [6.45, 7) is 15.3. The minimum atomic E-state index is -3.52. The number of nitrogens with one attached hydrogen (secondary N) is 2.